The quantitative estimate of drug-likeness (QED) is 0.780. The number of nitrogens with one attached hydrogen (secondary N) is 1. The molecule has 0 amide bonds. The minimum Gasteiger partial charge on any atom is -0.496 e. The molecule has 1 saturated heterocycles. The van der Waals surface area contributed by atoms with E-state index in [1.165, 1.54) is 36.9 Å². The van der Waals surface area contributed by atoms with Crippen LogP contribution in [0.25, 0.3) is 0 Å². The van der Waals surface area contributed by atoms with Crippen molar-refractivity contribution in [3.8, 4) is 5.75 Å². The van der Waals surface area contributed by atoms with Crippen LogP contribution in [0.15, 0.2) is 18.2 Å². The van der Waals surface area contributed by atoms with Crippen LogP contribution >= 0.6 is 0 Å². The Bertz CT molecular complexity index is 388. The van der Waals surface area contributed by atoms with Gasteiger partial charge in [0.2, 0.25) is 0 Å². The van der Waals surface area contributed by atoms with Crippen molar-refractivity contribution in [3.05, 3.63) is 29.3 Å². The topological polar surface area (TPSA) is 21.3 Å². The van der Waals surface area contributed by atoms with Gasteiger partial charge in [-0.05, 0) is 55.3 Å². The first-order valence-corrected chi connectivity index (χ1v) is 6.29. The van der Waals surface area contributed by atoms with Crippen molar-refractivity contribution < 1.29 is 4.74 Å². The third-order valence-corrected chi connectivity index (χ3v) is 4.08. The monoisotopic (exact) mass is 217 g/mol. The van der Waals surface area contributed by atoms with Crippen molar-refractivity contribution in [3.63, 3.8) is 0 Å². The smallest absolute Gasteiger partial charge is 0.122 e. The summed E-state index contributed by atoms with van der Waals surface area (Å²) in [5.41, 5.74) is 2.98. The van der Waals surface area contributed by atoms with Gasteiger partial charge < -0.3 is 10.1 Å². The second-order valence-corrected chi connectivity index (χ2v) is 4.88. The second kappa shape index (κ2) is 4.10. The molecular weight excluding hydrogens is 198 g/mol. The Balaban J connectivity index is 2.01. The average molecular weight is 217 g/mol. The van der Waals surface area contributed by atoms with Crippen LogP contribution in [0.1, 0.15) is 36.3 Å². The van der Waals surface area contributed by atoms with E-state index in [9.17, 15) is 0 Å². The third-order valence-electron chi connectivity index (χ3n) is 4.08. The largest absolute Gasteiger partial charge is 0.496 e. The number of fused-ring (bicyclic) bond motifs is 3. The summed E-state index contributed by atoms with van der Waals surface area (Å²) in [6, 6.07) is 7.22. The molecule has 0 aromatic heterocycles. The van der Waals surface area contributed by atoms with E-state index in [0.717, 1.165) is 12.2 Å². The molecule has 2 heteroatoms. The predicted octanol–water partition coefficient (Wildman–Crippen LogP) is 2.48. The summed E-state index contributed by atoms with van der Waals surface area (Å²) >= 11 is 0. The van der Waals surface area contributed by atoms with Crippen LogP contribution in [-0.4, -0.2) is 19.7 Å². The maximum Gasteiger partial charge on any atom is 0.122 e. The highest BCUT2D eigenvalue weighted by molar-refractivity contribution is 5.44. The van der Waals surface area contributed by atoms with Gasteiger partial charge in [-0.2, -0.15) is 0 Å². The number of ether oxygens (including phenoxy) is 1. The summed E-state index contributed by atoms with van der Waals surface area (Å²) < 4.78 is 5.47. The fourth-order valence-corrected chi connectivity index (χ4v) is 3.32. The molecule has 1 heterocycles. The molecule has 0 spiro atoms. The van der Waals surface area contributed by atoms with Crippen LogP contribution in [0.5, 0.6) is 5.75 Å². The summed E-state index contributed by atoms with van der Waals surface area (Å²) in [6.07, 6.45) is 5.06. The van der Waals surface area contributed by atoms with E-state index in [4.69, 9.17) is 4.74 Å². The third kappa shape index (κ3) is 1.52. The molecule has 0 saturated carbocycles. The molecule has 1 aliphatic heterocycles. The van der Waals surface area contributed by atoms with Crippen LogP contribution in [-0.2, 0) is 6.42 Å². The standard InChI is InChI=1S/C14H19NO/c1-16-14-6-2-4-10-11-5-3-9-15-13(11)8-7-12(10)14/h2,4,6,11,13,15H,3,5,7-9H2,1H3/t11-,13-/m1/s1. The van der Waals surface area contributed by atoms with Gasteiger partial charge in [-0.1, -0.05) is 12.1 Å². The second-order valence-electron chi connectivity index (χ2n) is 4.88. The minimum absolute atomic E-state index is 0.702. The Kier molecular flexibility index (Phi) is 2.60. The first-order chi connectivity index (χ1) is 7.90. The Morgan fingerprint density at radius 2 is 2.25 bits per heavy atom. The number of hydrogen-bond donors (Lipinski definition) is 1. The zero-order valence-corrected chi connectivity index (χ0v) is 9.83. The number of benzene rings is 1. The van der Waals surface area contributed by atoms with E-state index in [1.807, 2.05) is 0 Å². The lowest BCUT2D eigenvalue weighted by Crippen LogP contribution is -2.42. The zero-order valence-electron chi connectivity index (χ0n) is 9.83. The molecule has 0 radical (unpaired) electrons. The maximum absolute atomic E-state index is 5.47. The van der Waals surface area contributed by atoms with Crippen molar-refractivity contribution in [1.82, 2.24) is 5.32 Å². The number of methoxy groups -OCH3 is 1. The summed E-state index contributed by atoms with van der Waals surface area (Å²) in [6.45, 7) is 1.19. The average Bonchev–Trinajstić information content (AvgIpc) is 2.37. The van der Waals surface area contributed by atoms with E-state index in [1.54, 1.807) is 7.11 Å². The normalized spacial score (nSPS) is 28.1. The van der Waals surface area contributed by atoms with E-state index < -0.39 is 0 Å². The van der Waals surface area contributed by atoms with Crippen molar-refractivity contribution in [2.45, 2.75) is 37.6 Å². The van der Waals surface area contributed by atoms with Crippen LogP contribution in [0.4, 0.5) is 0 Å². The van der Waals surface area contributed by atoms with Gasteiger partial charge in [-0.3, -0.25) is 0 Å². The molecule has 1 aliphatic carbocycles. The molecule has 2 aliphatic rings. The van der Waals surface area contributed by atoms with Crippen molar-refractivity contribution in [1.29, 1.82) is 0 Å². The molecule has 3 rings (SSSR count). The molecule has 16 heavy (non-hydrogen) atoms. The summed E-state index contributed by atoms with van der Waals surface area (Å²) in [5.74, 6) is 1.80. The first kappa shape index (κ1) is 10.2. The molecule has 1 aromatic carbocycles. The van der Waals surface area contributed by atoms with Gasteiger partial charge in [-0.15, -0.1) is 0 Å². The van der Waals surface area contributed by atoms with E-state index in [-0.39, 0.29) is 0 Å². The van der Waals surface area contributed by atoms with Gasteiger partial charge in [0.15, 0.2) is 0 Å². The zero-order chi connectivity index (χ0) is 11.0. The molecule has 2 atom stereocenters. The summed E-state index contributed by atoms with van der Waals surface area (Å²) in [5, 5.41) is 3.66. The van der Waals surface area contributed by atoms with Gasteiger partial charge >= 0.3 is 0 Å². The van der Waals surface area contributed by atoms with Crippen LogP contribution in [0.2, 0.25) is 0 Å². The molecule has 86 valence electrons. The lowest BCUT2D eigenvalue weighted by atomic mass is 9.75. The number of rotatable bonds is 1. The van der Waals surface area contributed by atoms with Crippen LogP contribution in [0, 0.1) is 0 Å². The highest BCUT2D eigenvalue weighted by Gasteiger charge is 2.32. The Morgan fingerprint density at radius 3 is 3.12 bits per heavy atom. The Hall–Kier alpha value is -1.02. The van der Waals surface area contributed by atoms with E-state index in [2.05, 4.69) is 23.5 Å². The molecule has 0 bridgehead atoms. The van der Waals surface area contributed by atoms with Crippen LogP contribution < -0.4 is 10.1 Å². The van der Waals surface area contributed by atoms with Gasteiger partial charge in [0, 0.05) is 6.04 Å². The van der Waals surface area contributed by atoms with Crippen molar-refractivity contribution >= 4 is 0 Å². The van der Waals surface area contributed by atoms with E-state index in [0.29, 0.717) is 12.0 Å². The van der Waals surface area contributed by atoms with Crippen molar-refractivity contribution in [2.24, 2.45) is 0 Å². The molecule has 0 unspecified atom stereocenters. The van der Waals surface area contributed by atoms with E-state index >= 15 is 0 Å². The van der Waals surface area contributed by atoms with Gasteiger partial charge in [0.25, 0.3) is 0 Å². The number of hydrogen-bond acceptors (Lipinski definition) is 2. The lowest BCUT2D eigenvalue weighted by molar-refractivity contribution is 0.313. The molecule has 1 N–H and O–H groups in total. The lowest BCUT2D eigenvalue weighted by Gasteiger charge is -2.38. The summed E-state index contributed by atoms with van der Waals surface area (Å²) in [4.78, 5) is 0. The first-order valence-electron chi connectivity index (χ1n) is 6.29. The molecule has 1 aromatic rings. The van der Waals surface area contributed by atoms with Gasteiger partial charge in [-0.25, -0.2) is 0 Å². The Morgan fingerprint density at radius 1 is 1.31 bits per heavy atom. The SMILES string of the molecule is COc1cccc2c1CC[C@H]1NCCC[C@H]21. The predicted molar refractivity (Wildman–Crippen MR) is 65.1 cm³/mol. The highest BCUT2D eigenvalue weighted by atomic mass is 16.5. The highest BCUT2D eigenvalue weighted by Crippen LogP contribution is 2.40. The molecule has 1 fully saturated rings. The fourth-order valence-electron chi connectivity index (χ4n) is 3.32. The number of piperidine rings is 1. The fraction of sp³-hybridized carbons (Fsp3) is 0.571. The molecule has 2 nitrogen and oxygen atoms in total. The summed E-state index contributed by atoms with van der Waals surface area (Å²) in [7, 11) is 1.78. The minimum atomic E-state index is 0.702. The maximum atomic E-state index is 5.47. The van der Waals surface area contributed by atoms with Gasteiger partial charge in [0.05, 0.1) is 7.11 Å². The Labute approximate surface area is 97.0 Å². The van der Waals surface area contributed by atoms with Crippen LogP contribution in [0.3, 0.4) is 0 Å². The van der Waals surface area contributed by atoms with Crippen molar-refractivity contribution in [2.75, 3.05) is 13.7 Å². The molecular formula is C14H19NO. The van der Waals surface area contributed by atoms with Gasteiger partial charge in [0.1, 0.15) is 5.75 Å².